The van der Waals surface area contributed by atoms with E-state index >= 15 is 0 Å². The third-order valence-electron chi connectivity index (χ3n) is 2.59. The summed E-state index contributed by atoms with van der Waals surface area (Å²) in [5.74, 6) is 0.765. The van der Waals surface area contributed by atoms with E-state index in [2.05, 4.69) is 74.9 Å². The molecular formula is C15H25NS. The molecule has 0 aliphatic heterocycles. The maximum atomic E-state index is 4.21. The zero-order valence-corrected chi connectivity index (χ0v) is 12.3. The number of likely N-dealkylation sites (N-methyl/N-ethyl adjacent to an activating group) is 1. The Balaban J connectivity index is 4.95. The Bertz CT molecular complexity index is 300. The number of allylic oxidation sites excluding steroid dienone is 5. The van der Waals surface area contributed by atoms with Crippen LogP contribution in [0.3, 0.4) is 0 Å². The fourth-order valence-electron chi connectivity index (χ4n) is 1.61. The molecule has 0 N–H and O–H groups in total. The van der Waals surface area contributed by atoms with Gasteiger partial charge in [0.05, 0.1) is 0 Å². The third kappa shape index (κ3) is 6.42. The average molecular weight is 251 g/mol. The number of hydrogen-bond donors (Lipinski definition) is 1. The first kappa shape index (κ1) is 16.1. The van der Waals surface area contributed by atoms with Crippen LogP contribution in [0.1, 0.15) is 27.2 Å². The lowest BCUT2D eigenvalue weighted by atomic mass is 10.1. The summed E-state index contributed by atoms with van der Waals surface area (Å²) in [7, 11) is 2.13. The van der Waals surface area contributed by atoms with Gasteiger partial charge in [-0.3, -0.25) is 0 Å². The molecule has 0 aromatic rings. The average Bonchev–Trinajstić information content (AvgIpc) is 2.35. The van der Waals surface area contributed by atoms with Crippen LogP contribution >= 0.6 is 12.6 Å². The van der Waals surface area contributed by atoms with Crippen molar-refractivity contribution >= 4 is 12.6 Å². The van der Waals surface area contributed by atoms with Crippen LogP contribution in [0.2, 0.25) is 0 Å². The summed E-state index contributed by atoms with van der Waals surface area (Å²) in [4.78, 5) is 2.29. The first-order valence-corrected chi connectivity index (χ1v) is 6.80. The van der Waals surface area contributed by atoms with Gasteiger partial charge in [-0.25, -0.2) is 0 Å². The fraction of sp³-hybridized carbons (Fsp3) is 0.467. The monoisotopic (exact) mass is 251 g/mol. The third-order valence-corrected chi connectivity index (χ3v) is 2.80. The predicted octanol–water partition coefficient (Wildman–Crippen LogP) is 4.22. The molecule has 0 amide bonds. The number of hydrogen-bond acceptors (Lipinski definition) is 2. The minimum absolute atomic E-state index is 0.445. The van der Waals surface area contributed by atoms with E-state index in [0.717, 1.165) is 12.2 Å². The molecule has 0 spiro atoms. The predicted molar refractivity (Wildman–Crippen MR) is 82.5 cm³/mol. The molecule has 1 unspecified atom stereocenters. The highest BCUT2D eigenvalue weighted by atomic mass is 32.1. The van der Waals surface area contributed by atoms with Gasteiger partial charge in [-0.05, 0) is 32.4 Å². The number of thiol groups is 1. The summed E-state index contributed by atoms with van der Waals surface area (Å²) in [6, 6.07) is 0.445. The van der Waals surface area contributed by atoms with Crippen molar-refractivity contribution in [1.29, 1.82) is 0 Å². The van der Waals surface area contributed by atoms with Crippen molar-refractivity contribution in [1.82, 2.24) is 4.90 Å². The van der Waals surface area contributed by atoms with E-state index in [0.29, 0.717) is 6.04 Å². The smallest absolute Gasteiger partial charge is 0.0467 e. The van der Waals surface area contributed by atoms with Crippen LogP contribution in [0.5, 0.6) is 0 Å². The molecule has 0 aliphatic carbocycles. The standard InChI is InChI=1S/C15H25NS/c1-5-8-11-15(12-9-13-17)16(4)14(7-3)10-6-2/h5-6,8-12,14,17H,7,13H2,1-4H3/b8-5-,10-6-,12-9-,15-11+. The molecule has 17 heavy (non-hydrogen) atoms. The Morgan fingerprint density at radius 2 is 2.00 bits per heavy atom. The highest BCUT2D eigenvalue weighted by molar-refractivity contribution is 7.80. The lowest BCUT2D eigenvalue weighted by Crippen LogP contribution is -2.28. The molecule has 0 radical (unpaired) electrons. The van der Waals surface area contributed by atoms with Gasteiger partial charge in [0, 0.05) is 24.5 Å². The number of nitrogens with zero attached hydrogens (tertiary/aromatic N) is 1. The van der Waals surface area contributed by atoms with E-state index in [1.807, 2.05) is 13.0 Å². The lowest BCUT2D eigenvalue weighted by Gasteiger charge is -2.27. The van der Waals surface area contributed by atoms with E-state index < -0.39 is 0 Å². The molecule has 0 aromatic carbocycles. The maximum absolute atomic E-state index is 4.21. The van der Waals surface area contributed by atoms with Gasteiger partial charge < -0.3 is 4.90 Å². The van der Waals surface area contributed by atoms with Gasteiger partial charge in [0.15, 0.2) is 0 Å². The molecule has 0 heterocycles. The molecule has 0 aromatic heterocycles. The Morgan fingerprint density at radius 1 is 1.29 bits per heavy atom. The highest BCUT2D eigenvalue weighted by Gasteiger charge is 2.09. The SMILES string of the molecule is C\C=C/C=C(\C=C/CS)N(C)C(/C=C\C)CC. The molecule has 0 rings (SSSR count). The van der Waals surface area contributed by atoms with Gasteiger partial charge in [0.25, 0.3) is 0 Å². The molecule has 0 saturated heterocycles. The quantitative estimate of drug-likeness (QED) is 0.403. The molecule has 96 valence electrons. The van der Waals surface area contributed by atoms with Crippen molar-refractivity contribution < 1.29 is 0 Å². The summed E-state index contributed by atoms with van der Waals surface area (Å²) < 4.78 is 0. The molecule has 0 fully saturated rings. The minimum atomic E-state index is 0.445. The first-order valence-electron chi connectivity index (χ1n) is 6.17. The number of rotatable bonds is 7. The summed E-state index contributed by atoms with van der Waals surface area (Å²) in [5, 5.41) is 0. The summed E-state index contributed by atoms with van der Waals surface area (Å²) in [6.45, 7) is 6.30. The normalized spacial score (nSPS) is 15.2. The molecule has 0 saturated carbocycles. The van der Waals surface area contributed by atoms with E-state index in [-0.39, 0.29) is 0 Å². The molecule has 2 heteroatoms. The van der Waals surface area contributed by atoms with E-state index in [4.69, 9.17) is 0 Å². The maximum Gasteiger partial charge on any atom is 0.0467 e. The molecule has 0 aliphatic rings. The van der Waals surface area contributed by atoms with Crippen molar-refractivity contribution in [3.05, 3.63) is 48.2 Å². The Morgan fingerprint density at radius 3 is 2.47 bits per heavy atom. The Hall–Kier alpha value is -0.890. The van der Waals surface area contributed by atoms with Gasteiger partial charge in [0.1, 0.15) is 0 Å². The van der Waals surface area contributed by atoms with E-state index in [9.17, 15) is 0 Å². The fourth-order valence-corrected chi connectivity index (χ4v) is 1.72. The van der Waals surface area contributed by atoms with Crippen LogP contribution in [0.4, 0.5) is 0 Å². The van der Waals surface area contributed by atoms with Crippen molar-refractivity contribution in [2.75, 3.05) is 12.8 Å². The van der Waals surface area contributed by atoms with Crippen molar-refractivity contribution in [2.45, 2.75) is 33.2 Å². The highest BCUT2D eigenvalue weighted by Crippen LogP contribution is 2.13. The van der Waals surface area contributed by atoms with Crippen molar-refractivity contribution in [3.8, 4) is 0 Å². The first-order chi connectivity index (χ1) is 8.21. The van der Waals surface area contributed by atoms with Crippen molar-refractivity contribution in [2.24, 2.45) is 0 Å². The topological polar surface area (TPSA) is 3.24 Å². The van der Waals surface area contributed by atoms with Gasteiger partial charge in [-0.1, -0.05) is 37.3 Å². The molecule has 1 nitrogen and oxygen atoms in total. The molecule has 0 bridgehead atoms. The molecule has 1 atom stereocenters. The van der Waals surface area contributed by atoms with Crippen molar-refractivity contribution in [3.63, 3.8) is 0 Å². The van der Waals surface area contributed by atoms with Gasteiger partial charge in [-0.2, -0.15) is 12.6 Å². The van der Waals surface area contributed by atoms with Crippen LogP contribution in [-0.4, -0.2) is 23.7 Å². The van der Waals surface area contributed by atoms with E-state index in [1.54, 1.807) is 0 Å². The Kier molecular flexibility index (Phi) is 9.74. The Labute approximate surface area is 112 Å². The zero-order chi connectivity index (χ0) is 13.1. The van der Waals surface area contributed by atoms with Crippen LogP contribution in [0.15, 0.2) is 48.2 Å². The van der Waals surface area contributed by atoms with Gasteiger partial charge in [-0.15, -0.1) is 0 Å². The van der Waals surface area contributed by atoms with E-state index in [1.165, 1.54) is 5.70 Å². The summed E-state index contributed by atoms with van der Waals surface area (Å²) in [5.41, 5.74) is 1.21. The van der Waals surface area contributed by atoms with Crippen LogP contribution in [0.25, 0.3) is 0 Å². The van der Waals surface area contributed by atoms with Gasteiger partial charge in [0.2, 0.25) is 0 Å². The largest absolute Gasteiger partial charge is 0.368 e. The summed E-state index contributed by atoms with van der Waals surface area (Å²) >= 11 is 4.21. The van der Waals surface area contributed by atoms with Crippen LogP contribution < -0.4 is 0 Å². The zero-order valence-electron chi connectivity index (χ0n) is 11.4. The molecular weight excluding hydrogens is 226 g/mol. The van der Waals surface area contributed by atoms with Crippen LogP contribution in [-0.2, 0) is 0 Å². The second-order valence-electron chi connectivity index (χ2n) is 3.81. The van der Waals surface area contributed by atoms with Gasteiger partial charge >= 0.3 is 0 Å². The minimum Gasteiger partial charge on any atom is -0.368 e. The second kappa shape index (κ2) is 10.3. The second-order valence-corrected chi connectivity index (χ2v) is 4.18. The summed E-state index contributed by atoms with van der Waals surface area (Å²) in [6.07, 6.45) is 15.9. The van der Waals surface area contributed by atoms with Crippen LogP contribution in [0, 0.1) is 0 Å². The lowest BCUT2D eigenvalue weighted by molar-refractivity contribution is 0.355.